The predicted molar refractivity (Wildman–Crippen MR) is 127 cm³/mol. The molecule has 0 saturated carbocycles. The summed E-state index contributed by atoms with van der Waals surface area (Å²) in [6.45, 7) is 0.0383. The van der Waals surface area contributed by atoms with Gasteiger partial charge in [-0.2, -0.15) is 0 Å². The van der Waals surface area contributed by atoms with Gasteiger partial charge in [-0.15, -0.1) is 0 Å². The van der Waals surface area contributed by atoms with E-state index in [1.165, 1.54) is 17.0 Å². The highest BCUT2D eigenvalue weighted by Crippen LogP contribution is 2.47. The lowest BCUT2D eigenvalue weighted by atomic mass is 9.86. The van der Waals surface area contributed by atoms with Crippen LogP contribution in [0, 0.1) is 10.1 Å². The minimum Gasteiger partial charge on any atom is -0.454 e. The first-order valence-corrected chi connectivity index (χ1v) is 11.4. The maximum atomic E-state index is 13.5. The van der Waals surface area contributed by atoms with Crippen LogP contribution in [0.25, 0.3) is 0 Å². The molecule has 0 spiro atoms. The quantitative estimate of drug-likeness (QED) is 0.214. The number of carbonyl (C=O) groups is 3. The number of β-lactam (4-membered cyclic amide) rings is 1. The van der Waals surface area contributed by atoms with Crippen molar-refractivity contribution in [1.82, 2.24) is 4.90 Å². The standard InChI is InChI=1S/C24H13Cl2N3O7/c25-12-6-13(26)8-15(7-12)27-20(11-1-4-18-19(5-11)36-10-35-18)21(24(27)32)28-22(30)16-3-2-14(29(33)34)9-17(16)23(28)31/h1-9,20-21H,10H2/t20-,21+/m0/s1. The average Bonchev–Trinajstić information content (AvgIpc) is 3.39. The van der Waals surface area contributed by atoms with Crippen LogP contribution < -0.4 is 14.4 Å². The highest BCUT2D eigenvalue weighted by Gasteiger charge is 2.57. The van der Waals surface area contributed by atoms with Gasteiger partial charge in [0, 0.05) is 27.9 Å². The number of nitro groups is 1. The summed E-state index contributed by atoms with van der Waals surface area (Å²) in [6, 6.07) is 11.1. The molecule has 1 fully saturated rings. The molecular formula is C24H13Cl2N3O7. The van der Waals surface area contributed by atoms with E-state index in [0.29, 0.717) is 32.8 Å². The molecule has 3 amide bonds. The van der Waals surface area contributed by atoms with Crippen molar-refractivity contribution >= 4 is 52.3 Å². The molecule has 0 bridgehead atoms. The van der Waals surface area contributed by atoms with Gasteiger partial charge in [-0.25, -0.2) is 0 Å². The predicted octanol–water partition coefficient (Wildman–Crippen LogP) is 4.38. The fraction of sp³-hybridized carbons (Fsp3) is 0.125. The Kier molecular flexibility index (Phi) is 4.92. The summed E-state index contributed by atoms with van der Waals surface area (Å²) in [5.41, 5.74) is 0.480. The number of non-ortho nitro benzene ring substituents is 1. The molecule has 36 heavy (non-hydrogen) atoms. The Labute approximate surface area is 212 Å². The number of imide groups is 1. The molecule has 0 N–H and O–H groups in total. The zero-order valence-corrected chi connectivity index (χ0v) is 19.5. The molecule has 0 aromatic heterocycles. The summed E-state index contributed by atoms with van der Waals surface area (Å²) in [5.74, 6) is -1.07. The Balaban J connectivity index is 1.45. The van der Waals surface area contributed by atoms with E-state index in [1.54, 1.807) is 30.3 Å². The van der Waals surface area contributed by atoms with Crippen molar-refractivity contribution in [3.63, 3.8) is 0 Å². The lowest BCUT2D eigenvalue weighted by Crippen LogP contribution is -2.67. The highest BCUT2D eigenvalue weighted by atomic mass is 35.5. The molecule has 3 aromatic rings. The molecular weight excluding hydrogens is 513 g/mol. The number of nitrogens with zero attached hydrogens (tertiary/aromatic N) is 3. The summed E-state index contributed by atoms with van der Waals surface area (Å²) in [6.07, 6.45) is 0. The number of halogens is 2. The number of fused-ring (bicyclic) bond motifs is 2. The van der Waals surface area contributed by atoms with Crippen LogP contribution in [0.15, 0.2) is 54.6 Å². The molecule has 10 nitrogen and oxygen atoms in total. The van der Waals surface area contributed by atoms with E-state index in [4.69, 9.17) is 32.7 Å². The zero-order valence-electron chi connectivity index (χ0n) is 18.0. The Morgan fingerprint density at radius 2 is 1.50 bits per heavy atom. The number of hydrogen-bond acceptors (Lipinski definition) is 7. The second-order valence-corrected chi connectivity index (χ2v) is 9.18. The molecule has 1 saturated heterocycles. The zero-order chi connectivity index (χ0) is 25.3. The number of anilines is 1. The maximum absolute atomic E-state index is 13.5. The minimum absolute atomic E-state index is 0.00733. The molecule has 3 aliphatic rings. The van der Waals surface area contributed by atoms with E-state index < -0.39 is 34.7 Å². The van der Waals surface area contributed by atoms with Crippen LogP contribution in [0.3, 0.4) is 0 Å². The maximum Gasteiger partial charge on any atom is 0.270 e. The third-order valence-corrected chi connectivity index (χ3v) is 6.76. The number of ether oxygens (including phenoxy) is 2. The Bertz CT molecular complexity index is 1510. The molecule has 3 heterocycles. The number of amides is 3. The van der Waals surface area contributed by atoms with Crippen LogP contribution in [-0.4, -0.2) is 40.4 Å². The van der Waals surface area contributed by atoms with Crippen molar-refractivity contribution in [2.24, 2.45) is 0 Å². The first kappa shape index (κ1) is 22.3. The molecule has 0 radical (unpaired) electrons. The third kappa shape index (κ3) is 3.22. The van der Waals surface area contributed by atoms with Gasteiger partial charge in [0.15, 0.2) is 11.5 Å². The molecule has 2 atom stereocenters. The van der Waals surface area contributed by atoms with Gasteiger partial charge in [0.1, 0.15) is 6.04 Å². The van der Waals surface area contributed by atoms with Crippen LogP contribution in [0.5, 0.6) is 11.5 Å². The highest BCUT2D eigenvalue weighted by molar-refractivity contribution is 6.35. The van der Waals surface area contributed by atoms with Crippen molar-refractivity contribution in [2.45, 2.75) is 12.1 Å². The molecule has 0 unspecified atom stereocenters. The summed E-state index contributed by atoms with van der Waals surface area (Å²) in [5, 5.41) is 11.8. The van der Waals surface area contributed by atoms with E-state index in [2.05, 4.69) is 0 Å². The topological polar surface area (TPSA) is 119 Å². The van der Waals surface area contributed by atoms with E-state index in [9.17, 15) is 24.5 Å². The SMILES string of the molecule is O=C1c2ccc([N+](=O)[O-])cc2C(=O)N1[C@H]1C(=O)N(c2cc(Cl)cc(Cl)c2)[C@H]1c1ccc2c(c1)OCO2. The Morgan fingerprint density at radius 3 is 2.22 bits per heavy atom. The summed E-state index contributed by atoms with van der Waals surface area (Å²) in [7, 11) is 0. The van der Waals surface area contributed by atoms with Crippen LogP contribution >= 0.6 is 23.2 Å². The molecule has 12 heteroatoms. The van der Waals surface area contributed by atoms with Gasteiger partial charge in [-0.1, -0.05) is 29.3 Å². The lowest BCUT2D eigenvalue weighted by molar-refractivity contribution is -0.384. The Hall–Kier alpha value is -4.15. The van der Waals surface area contributed by atoms with Crippen LogP contribution in [0.1, 0.15) is 32.3 Å². The van der Waals surface area contributed by atoms with Crippen LogP contribution in [0.2, 0.25) is 10.0 Å². The van der Waals surface area contributed by atoms with E-state index in [0.717, 1.165) is 17.0 Å². The molecule has 3 aliphatic heterocycles. The molecule has 0 aliphatic carbocycles. The first-order chi connectivity index (χ1) is 17.2. The van der Waals surface area contributed by atoms with Crippen molar-refractivity contribution in [2.75, 3.05) is 11.7 Å². The second kappa shape index (κ2) is 7.94. The largest absolute Gasteiger partial charge is 0.454 e. The van der Waals surface area contributed by atoms with Gasteiger partial charge in [-0.05, 0) is 42.0 Å². The number of nitro benzene ring substituents is 1. The normalized spacial score (nSPS) is 20.0. The van der Waals surface area contributed by atoms with Crippen molar-refractivity contribution in [3.05, 3.63) is 91.4 Å². The van der Waals surface area contributed by atoms with Crippen LogP contribution in [0.4, 0.5) is 11.4 Å². The fourth-order valence-corrected chi connectivity index (χ4v) is 5.25. The van der Waals surface area contributed by atoms with Gasteiger partial charge < -0.3 is 14.4 Å². The average molecular weight is 526 g/mol. The molecule has 3 aromatic carbocycles. The second-order valence-electron chi connectivity index (χ2n) is 8.31. The minimum atomic E-state index is -1.21. The summed E-state index contributed by atoms with van der Waals surface area (Å²) < 4.78 is 10.8. The van der Waals surface area contributed by atoms with Gasteiger partial charge in [0.2, 0.25) is 6.79 Å². The van der Waals surface area contributed by atoms with Gasteiger partial charge in [-0.3, -0.25) is 29.4 Å². The van der Waals surface area contributed by atoms with Crippen molar-refractivity contribution in [3.8, 4) is 11.5 Å². The lowest BCUT2D eigenvalue weighted by Gasteiger charge is -2.49. The smallest absolute Gasteiger partial charge is 0.270 e. The van der Waals surface area contributed by atoms with Crippen molar-refractivity contribution < 1.29 is 28.8 Å². The number of rotatable bonds is 4. The van der Waals surface area contributed by atoms with Gasteiger partial charge in [0.05, 0.1) is 22.1 Å². The van der Waals surface area contributed by atoms with Crippen LogP contribution in [-0.2, 0) is 4.79 Å². The van der Waals surface area contributed by atoms with Gasteiger partial charge in [0.25, 0.3) is 23.4 Å². The summed E-state index contributed by atoms with van der Waals surface area (Å²) in [4.78, 5) is 52.9. The van der Waals surface area contributed by atoms with Crippen molar-refractivity contribution in [1.29, 1.82) is 0 Å². The van der Waals surface area contributed by atoms with E-state index in [-0.39, 0.29) is 23.6 Å². The number of hydrogen-bond donors (Lipinski definition) is 0. The summed E-state index contributed by atoms with van der Waals surface area (Å²) >= 11 is 12.3. The third-order valence-electron chi connectivity index (χ3n) is 6.32. The number of carbonyl (C=O) groups excluding carboxylic acids is 3. The van der Waals surface area contributed by atoms with E-state index >= 15 is 0 Å². The Morgan fingerprint density at radius 1 is 0.806 bits per heavy atom. The molecule has 180 valence electrons. The van der Waals surface area contributed by atoms with E-state index in [1.807, 2.05) is 0 Å². The van der Waals surface area contributed by atoms with Gasteiger partial charge >= 0.3 is 0 Å². The number of benzene rings is 3. The molecule has 6 rings (SSSR count). The monoisotopic (exact) mass is 525 g/mol. The first-order valence-electron chi connectivity index (χ1n) is 10.6. The fourth-order valence-electron chi connectivity index (χ4n) is 4.73.